The molecule has 0 unspecified atom stereocenters. The van der Waals surface area contributed by atoms with Crippen LogP contribution in [0.5, 0.6) is 0 Å². The fourth-order valence-corrected chi connectivity index (χ4v) is 3.81. The fraction of sp³-hybridized carbons (Fsp3) is 0.417. The number of carbonyl (C=O) groups is 1. The number of hydrazone groups is 1. The third-order valence-electron chi connectivity index (χ3n) is 5.60. The van der Waals surface area contributed by atoms with Gasteiger partial charge in [-0.2, -0.15) is 5.10 Å². The summed E-state index contributed by atoms with van der Waals surface area (Å²) in [6.45, 7) is 8.25. The van der Waals surface area contributed by atoms with Gasteiger partial charge in [0.2, 0.25) is 0 Å². The molecule has 0 atom stereocenters. The van der Waals surface area contributed by atoms with Gasteiger partial charge in [0.25, 0.3) is 5.91 Å². The number of anilines is 1. The quantitative estimate of drug-likeness (QED) is 0.513. The zero-order valence-corrected chi connectivity index (χ0v) is 18.0. The van der Waals surface area contributed by atoms with Crippen molar-refractivity contribution in [2.75, 3.05) is 11.6 Å². The van der Waals surface area contributed by atoms with Crippen LogP contribution in [0.2, 0.25) is 0 Å². The van der Waals surface area contributed by atoms with Crippen molar-refractivity contribution >= 4 is 18.4 Å². The van der Waals surface area contributed by atoms with Crippen LogP contribution in [-0.2, 0) is 6.42 Å². The zero-order valence-electron chi connectivity index (χ0n) is 18.0. The van der Waals surface area contributed by atoms with Crippen LogP contribution < -0.4 is 10.3 Å². The minimum atomic E-state index is -0.0886. The van der Waals surface area contributed by atoms with Crippen molar-refractivity contribution in [2.45, 2.75) is 52.4 Å². The van der Waals surface area contributed by atoms with E-state index < -0.39 is 0 Å². The lowest BCUT2D eigenvalue weighted by atomic mass is 9.89. The van der Waals surface area contributed by atoms with Crippen LogP contribution in [0.3, 0.4) is 0 Å². The first kappa shape index (κ1) is 21.7. The Bertz CT molecular complexity index is 885. The maximum absolute atomic E-state index is 12.6. The van der Waals surface area contributed by atoms with Crippen molar-refractivity contribution in [3.8, 4) is 0 Å². The van der Waals surface area contributed by atoms with Crippen LogP contribution in [0, 0.1) is 12.8 Å². The maximum atomic E-state index is 12.6. The topological polar surface area (TPSA) is 70.5 Å². The average molecular weight is 406 g/mol. The van der Waals surface area contributed by atoms with Crippen molar-refractivity contribution in [1.82, 2.24) is 15.3 Å². The molecule has 158 valence electrons. The highest BCUT2D eigenvalue weighted by Gasteiger charge is 2.16. The second-order valence-corrected chi connectivity index (χ2v) is 7.88. The van der Waals surface area contributed by atoms with E-state index in [1.54, 1.807) is 17.4 Å². The molecule has 0 aliphatic heterocycles. The number of amides is 1. The third-order valence-corrected chi connectivity index (χ3v) is 5.60. The molecule has 0 bridgehead atoms. The first-order valence-electron chi connectivity index (χ1n) is 10.7. The highest BCUT2D eigenvalue weighted by molar-refractivity contribution is 5.92. The number of pyridine rings is 2. The van der Waals surface area contributed by atoms with E-state index in [1.165, 1.54) is 32.1 Å². The number of aryl methyl sites for hydroxylation is 1. The van der Waals surface area contributed by atoms with Crippen molar-refractivity contribution in [3.63, 3.8) is 0 Å². The maximum Gasteiger partial charge on any atom is 0.269 e. The molecular formula is C24H31N5O. The van der Waals surface area contributed by atoms with Crippen LogP contribution >= 0.6 is 0 Å². The van der Waals surface area contributed by atoms with Crippen LogP contribution in [-0.4, -0.2) is 29.1 Å². The Labute approximate surface area is 179 Å². The van der Waals surface area contributed by atoms with Gasteiger partial charge in [0.05, 0.1) is 0 Å². The summed E-state index contributed by atoms with van der Waals surface area (Å²) >= 11 is 0. The summed E-state index contributed by atoms with van der Waals surface area (Å²) in [5.74, 6) is 1.22. The Morgan fingerprint density at radius 3 is 2.73 bits per heavy atom. The fourth-order valence-electron chi connectivity index (χ4n) is 3.81. The lowest BCUT2D eigenvalue weighted by Crippen LogP contribution is -2.30. The normalized spacial score (nSPS) is 14.6. The predicted octanol–water partition coefficient (Wildman–Crippen LogP) is 4.64. The predicted molar refractivity (Wildman–Crippen MR) is 122 cm³/mol. The molecule has 1 saturated carbocycles. The second-order valence-electron chi connectivity index (χ2n) is 7.88. The minimum Gasteiger partial charge on any atom is -0.350 e. The highest BCUT2D eigenvalue weighted by Crippen LogP contribution is 2.23. The molecular weight excluding hydrogens is 374 g/mol. The molecule has 6 heteroatoms. The van der Waals surface area contributed by atoms with Crippen LogP contribution in [0.15, 0.2) is 48.0 Å². The summed E-state index contributed by atoms with van der Waals surface area (Å²) in [4.78, 5) is 21.4. The van der Waals surface area contributed by atoms with E-state index >= 15 is 0 Å². The molecule has 0 spiro atoms. The van der Waals surface area contributed by atoms with Gasteiger partial charge < -0.3 is 5.32 Å². The molecule has 1 aliphatic carbocycles. The summed E-state index contributed by atoms with van der Waals surface area (Å²) in [5, 5.41) is 8.64. The largest absolute Gasteiger partial charge is 0.350 e. The van der Waals surface area contributed by atoms with Crippen LogP contribution in [0.4, 0.5) is 5.82 Å². The van der Waals surface area contributed by atoms with Gasteiger partial charge in [-0.3, -0.25) is 9.78 Å². The molecule has 30 heavy (non-hydrogen) atoms. The van der Waals surface area contributed by atoms with Gasteiger partial charge in [0, 0.05) is 31.9 Å². The van der Waals surface area contributed by atoms with E-state index in [4.69, 9.17) is 0 Å². The van der Waals surface area contributed by atoms with Crippen molar-refractivity contribution < 1.29 is 4.79 Å². The van der Waals surface area contributed by atoms with E-state index in [0.717, 1.165) is 23.2 Å². The number of hydrogen-bond donors (Lipinski definition) is 1. The standard InChI is InChI=1S/C24H31N5O/c1-4-12-29(25-3)23-11-10-20(17-27-23)13-21-14-22(26-15-18(21)2)24(30)28-16-19-8-6-5-7-9-19/h4,10-12,14-15,17,19H,3,5-9,13,16H2,1-2H3,(H,28,30)/b12-4-. The number of nitrogens with one attached hydrogen (secondary N) is 1. The molecule has 6 nitrogen and oxygen atoms in total. The number of aromatic nitrogens is 2. The van der Waals surface area contributed by atoms with E-state index in [1.807, 2.05) is 44.3 Å². The summed E-state index contributed by atoms with van der Waals surface area (Å²) in [5.41, 5.74) is 3.68. The van der Waals surface area contributed by atoms with Gasteiger partial charge in [0.15, 0.2) is 5.82 Å². The Hall–Kier alpha value is -3.02. The SMILES string of the molecule is C=NN(/C=C\C)c1ccc(Cc2cc(C(=O)NCC3CCCCC3)ncc2C)cn1. The number of allylic oxidation sites excluding steroid dienone is 1. The van der Waals surface area contributed by atoms with Crippen molar-refractivity contribution in [1.29, 1.82) is 0 Å². The third kappa shape index (κ3) is 5.75. The van der Waals surface area contributed by atoms with Gasteiger partial charge in [-0.1, -0.05) is 31.4 Å². The summed E-state index contributed by atoms with van der Waals surface area (Å²) in [6, 6.07) is 5.84. The molecule has 2 heterocycles. The van der Waals surface area contributed by atoms with Gasteiger partial charge in [-0.05, 0) is 67.9 Å². The Morgan fingerprint density at radius 1 is 1.27 bits per heavy atom. The van der Waals surface area contributed by atoms with Gasteiger partial charge >= 0.3 is 0 Å². The van der Waals surface area contributed by atoms with E-state index in [9.17, 15) is 4.79 Å². The van der Waals surface area contributed by atoms with E-state index in [0.29, 0.717) is 23.9 Å². The van der Waals surface area contributed by atoms with Crippen LogP contribution in [0.1, 0.15) is 66.2 Å². The number of rotatable bonds is 8. The molecule has 0 aromatic carbocycles. The van der Waals surface area contributed by atoms with Gasteiger partial charge in [-0.25, -0.2) is 9.99 Å². The summed E-state index contributed by atoms with van der Waals surface area (Å²) in [7, 11) is 0. The lowest BCUT2D eigenvalue weighted by molar-refractivity contribution is 0.0938. The monoisotopic (exact) mass is 405 g/mol. The first-order chi connectivity index (χ1) is 14.6. The molecule has 1 amide bonds. The van der Waals surface area contributed by atoms with Crippen molar-refractivity contribution in [3.05, 3.63) is 65.3 Å². The zero-order chi connectivity index (χ0) is 21.3. The smallest absolute Gasteiger partial charge is 0.269 e. The molecule has 0 radical (unpaired) electrons. The molecule has 2 aromatic rings. The molecule has 3 rings (SSSR count). The number of carbonyl (C=O) groups excluding carboxylic acids is 1. The number of nitrogens with zero attached hydrogens (tertiary/aromatic N) is 4. The number of hydrogen-bond acceptors (Lipinski definition) is 5. The molecule has 1 aliphatic rings. The molecule has 1 N–H and O–H groups in total. The van der Waals surface area contributed by atoms with Crippen molar-refractivity contribution in [2.24, 2.45) is 11.0 Å². The Balaban J connectivity index is 1.66. The second kappa shape index (κ2) is 10.7. The lowest BCUT2D eigenvalue weighted by Gasteiger charge is -2.21. The van der Waals surface area contributed by atoms with Gasteiger partial charge in [-0.15, -0.1) is 0 Å². The Kier molecular flexibility index (Phi) is 7.71. The molecule has 0 saturated heterocycles. The van der Waals surface area contributed by atoms with Crippen LogP contribution in [0.25, 0.3) is 0 Å². The summed E-state index contributed by atoms with van der Waals surface area (Å²) in [6.07, 6.45) is 14.3. The minimum absolute atomic E-state index is 0.0886. The summed E-state index contributed by atoms with van der Waals surface area (Å²) < 4.78 is 0. The average Bonchev–Trinajstić information content (AvgIpc) is 2.78. The first-order valence-corrected chi connectivity index (χ1v) is 10.7. The molecule has 2 aromatic heterocycles. The molecule has 1 fully saturated rings. The van der Waals surface area contributed by atoms with Gasteiger partial charge in [0.1, 0.15) is 5.69 Å². The Morgan fingerprint density at radius 2 is 2.07 bits per heavy atom. The van der Waals surface area contributed by atoms with E-state index in [-0.39, 0.29) is 5.91 Å². The van der Waals surface area contributed by atoms with E-state index in [2.05, 4.69) is 27.1 Å². The highest BCUT2D eigenvalue weighted by atomic mass is 16.1.